The molecule has 1 N–H and O–H groups in total. The van der Waals surface area contributed by atoms with Gasteiger partial charge >= 0.3 is 0 Å². The van der Waals surface area contributed by atoms with Crippen LogP contribution in [-0.2, 0) is 6.54 Å². The average Bonchev–Trinajstić information content (AvgIpc) is 2.76. The minimum atomic E-state index is -0.307. The Balaban J connectivity index is 2.26. The summed E-state index contributed by atoms with van der Waals surface area (Å²) in [6.45, 7) is 9.06. The smallest absolute Gasteiger partial charge is 0.137 e. The molecule has 1 aromatic heterocycles. The van der Waals surface area contributed by atoms with Gasteiger partial charge in [-0.2, -0.15) is 0 Å². The first-order chi connectivity index (χ1) is 9.80. The molecule has 1 heterocycles. The van der Waals surface area contributed by atoms with Crippen molar-refractivity contribution in [3.05, 3.63) is 34.6 Å². The quantitative estimate of drug-likeness (QED) is 0.921. The molecule has 0 atom stereocenters. The third-order valence-corrected chi connectivity index (χ3v) is 4.27. The molecule has 0 saturated heterocycles. The van der Waals surface area contributed by atoms with Gasteiger partial charge < -0.3 is 10.1 Å². The average molecular weight is 308 g/mol. The Bertz CT molecular complexity index is 632. The van der Waals surface area contributed by atoms with Gasteiger partial charge in [0.2, 0.25) is 0 Å². The Morgan fingerprint density at radius 3 is 2.62 bits per heavy atom. The highest BCUT2D eigenvalue weighted by atomic mass is 32.1. The molecule has 0 spiro atoms. The van der Waals surface area contributed by atoms with Crippen molar-refractivity contribution in [1.82, 2.24) is 10.3 Å². The van der Waals surface area contributed by atoms with Crippen LogP contribution >= 0.6 is 11.3 Å². The second-order valence-corrected chi connectivity index (χ2v) is 7.06. The summed E-state index contributed by atoms with van der Waals surface area (Å²) in [6, 6.07) is 4.86. The molecule has 0 saturated carbocycles. The number of halogens is 1. The van der Waals surface area contributed by atoms with E-state index in [2.05, 4.69) is 31.1 Å². The van der Waals surface area contributed by atoms with E-state index < -0.39 is 0 Å². The number of rotatable bonds is 4. The highest BCUT2D eigenvalue weighted by Gasteiger charge is 2.15. The van der Waals surface area contributed by atoms with Crippen LogP contribution in [0.15, 0.2) is 18.2 Å². The number of aromatic nitrogens is 1. The summed E-state index contributed by atoms with van der Waals surface area (Å²) in [7, 11) is 1.53. The van der Waals surface area contributed by atoms with E-state index in [1.807, 2.05) is 6.92 Å². The first kappa shape index (κ1) is 15.9. The molecule has 3 nitrogen and oxygen atoms in total. The van der Waals surface area contributed by atoms with Crippen molar-refractivity contribution >= 4 is 11.3 Å². The van der Waals surface area contributed by atoms with Gasteiger partial charge in [0.05, 0.1) is 12.8 Å². The highest BCUT2D eigenvalue weighted by Crippen LogP contribution is 2.31. The molecule has 0 aliphatic heterocycles. The number of nitrogens with zero attached hydrogens (tertiary/aromatic N) is 1. The van der Waals surface area contributed by atoms with E-state index in [-0.39, 0.29) is 11.4 Å². The predicted octanol–water partition coefficient (Wildman–Crippen LogP) is 4.15. The third kappa shape index (κ3) is 4.02. The number of thiazole rings is 1. The van der Waals surface area contributed by atoms with E-state index in [9.17, 15) is 4.39 Å². The summed E-state index contributed by atoms with van der Waals surface area (Å²) < 4.78 is 19.1. The van der Waals surface area contributed by atoms with Crippen LogP contribution in [0.1, 0.15) is 31.3 Å². The lowest BCUT2D eigenvalue weighted by Crippen LogP contribution is -2.34. The molecular formula is C16H21FN2OS. The van der Waals surface area contributed by atoms with Crippen molar-refractivity contribution in [2.45, 2.75) is 39.8 Å². The highest BCUT2D eigenvalue weighted by molar-refractivity contribution is 7.15. The standard InChI is InChI=1S/C16H21FN2OS/c1-10-14(9-18-16(2,3)4)21-15(19-10)12-7-6-11(20-5)8-13(12)17/h6-8,18H,9H2,1-5H3. The Labute approximate surface area is 129 Å². The fraction of sp³-hybridized carbons (Fsp3) is 0.438. The molecule has 114 valence electrons. The third-order valence-electron chi connectivity index (χ3n) is 3.08. The lowest BCUT2D eigenvalue weighted by molar-refractivity contribution is 0.411. The van der Waals surface area contributed by atoms with Crippen LogP contribution in [0.3, 0.4) is 0 Å². The van der Waals surface area contributed by atoms with E-state index in [0.29, 0.717) is 16.3 Å². The first-order valence-corrected chi connectivity index (χ1v) is 7.67. The van der Waals surface area contributed by atoms with Crippen LogP contribution in [0, 0.1) is 12.7 Å². The van der Waals surface area contributed by atoms with Gasteiger partial charge in [0.1, 0.15) is 16.6 Å². The molecule has 0 aliphatic carbocycles. The zero-order chi connectivity index (χ0) is 15.6. The minimum Gasteiger partial charge on any atom is -0.497 e. The number of nitrogens with one attached hydrogen (secondary N) is 1. The second-order valence-electron chi connectivity index (χ2n) is 5.98. The molecular weight excluding hydrogens is 287 g/mol. The van der Waals surface area contributed by atoms with E-state index >= 15 is 0 Å². The minimum absolute atomic E-state index is 0.0436. The number of benzene rings is 1. The molecule has 0 amide bonds. The monoisotopic (exact) mass is 308 g/mol. The SMILES string of the molecule is COc1ccc(-c2nc(C)c(CNC(C)(C)C)s2)c(F)c1. The molecule has 0 aliphatic rings. The number of ether oxygens (including phenoxy) is 1. The lowest BCUT2D eigenvalue weighted by Gasteiger charge is -2.19. The predicted molar refractivity (Wildman–Crippen MR) is 85.4 cm³/mol. The van der Waals surface area contributed by atoms with Crippen molar-refractivity contribution in [2.24, 2.45) is 0 Å². The molecule has 0 fully saturated rings. The fourth-order valence-corrected chi connectivity index (χ4v) is 2.88. The molecule has 0 unspecified atom stereocenters. The molecule has 2 aromatic rings. The zero-order valence-electron chi connectivity index (χ0n) is 13.1. The Hall–Kier alpha value is -1.46. The Morgan fingerprint density at radius 1 is 1.33 bits per heavy atom. The van der Waals surface area contributed by atoms with Crippen LogP contribution in [0.5, 0.6) is 5.75 Å². The molecule has 1 aromatic carbocycles. The van der Waals surface area contributed by atoms with E-state index in [1.165, 1.54) is 24.5 Å². The van der Waals surface area contributed by atoms with Gasteiger partial charge in [0, 0.05) is 28.6 Å². The maximum atomic E-state index is 14.1. The van der Waals surface area contributed by atoms with E-state index in [4.69, 9.17) is 4.74 Å². The van der Waals surface area contributed by atoms with Gasteiger partial charge in [0.25, 0.3) is 0 Å². The summed E-state index contributed by atoms with van der Waals surface area (Å²) >= 11 is 1.53. The lowest BCUT2D eigenvalue weighted by atomic mass is 10.1. The summed E-state index contributed by atoms with van der Waals surface area (Å²) in [5.74, 6) is 0.206. The van der Waals surface area contributed by atoms with Crippen LogP contribution in [-0.4, -0.2) is 17.6 Å². The van der Waals surface area contributed by atoms with E-state index in [1.54, 1.807) is 12.1 Å². The number of hydrogen-bond acceptors (Lipinski definition) is 4. The number of methoxy groups -OCH3 is 1. The topological polar surface area (TPSA) is 34.1 Å². The van der Waals surface area contributed by atoms with Crippen LogP contribution in [0.4, 0.5) is 4.39 Å². The van der Waals surface area contributed by atoms with Gasteiger partial charge in [-0.25, -0.2) is 9.37 Å². The number of aryl methyl sites for hydroxylation is 1. The number of hydrogen-bond donors (Lipinski definition) is 1. The molecule has 5 heteroatoms. The largest absolute Gasteiger partial charge is 0.497 e. The second kappa shape index (κ2) is 6.12. The summed E-state index contributed by atoms with van der Waals surface area (Å²) in [5.41, 5.74) is 1.51. The first-order valence-electron chi connectivity index (χ1n) is 6.85. The van der Waals surface area contributed by atoms with Crippen molar-refractivity contribution in [3.63, 3.8) is 0 Å². The van der Waals surface area contributed by atoms with Crippen molar-refractivity contribution in [2.75, 3.05) is 7.11 Å². The summed E-state index contributed by atoms with van der Waals surface area (Å²) in [5, 5.41) is 4.14. The maximum Gasteiger partial charge on any atom is 0.137 e. The summed E-state index contributed by atoms with van der Waals surface area (Å²) in [4.78, 5) is 5.63. The van der Waals surface area contributed by atoms with Crippen LogP contribution < -0.4 is 10.1 Å². The maximum absolute atomic E-state index is 14.1. The zero-order valence-corrected chi connectivity index (χ0v) is 13.9. The van der Waals surface area contributed by atoms with Crippen LogP contribution in [0.2, 0.25) is 0 Å². The van der Waals surface area contributed by atoms with E-state index in [0.717, 1.165) is 17.1 Å². The van der Waals surface area contributed by atoms with Crippen molar-refractivity contribution < 1.29 is 9.13 Å². The Kier molecular flexibility index (Phi) is 4.64. The van der Waals surface area contributed by atoms with Crippen molar-refractivity contribution in [3.8, 4) is 16.3 Å². The Morgan fingerprint density at radius 2 is 2.05 bits per heavy atom. The van der Waals surface area contributed by atoms with Gasteiger partial charge in [-0.05, 0) is 39.8 Å². The molecule has 2 rings (SSSR count). The molecule has 0 bridgehead atoms. The van der Waals surface area contributed by atoms with Crippen molar-refractivity contribution in [1.29, 1.82) is 0 Å². The summed E-state index contributed by atoms with van der Waals surface area (Å²) in [6.07, 6.45) is 0. The molecule has 21 heavy (non-hydrogen) atoms. The van der Waals surface area contributed by atoms with Gasteiger partial charge in [-0.15, -0.1) is 11.3 Å². The fourth-order valence-electron chi connectivity index (χ4n) is 1.85. The normalized spacial score (nSPS) is 11.7. The molecule has 0 radical (unpaired) electrons. The van der Waals surface area contributed by atoms with Crippen LogP contribution in [0.25, 0.3) is 10.6 Å². The van der Waals surface area contributed by atoms with Gasteiger partial charge in [-0.1, -0.05) is 0 Å². The van der Waals surface area contributed by atoms with Gasteiger partial charge in [0.15, 0.2) is 0 Å². The van der Waals surface area contributed by atoms with Gasteiger partial charge in [-0.3, -0.25) is 0 Å².